The Morgan fingerprint density at radius 3 is 2.36 bits per heavy atom. The molecule has 1 atom stereocenters. The summed E-state index contributed by atoms with van der Waals surface area (Å²) in [6, 6.07) is 11.6. The molecule has 1 amide bonds. The number of hydrogen-bond donors (Lipinski definition) is 2. The molecule has 0 heterocycles. The molecule has 0 aliphatic heterocycles. The molecule has 0 bridgehead atoms. The van der Waals surface area contributed by atoms with Crippen molar-refractivity contribution in [2.24, 2.45) is 0 Å². The van der Waals surface area contributed by atoms with Crippen molar-refractivity contribution >= 4 is 23.2 Å². The maximum absolute atomic E-state index is 13.0. The minimum atomic E-state index is -4.51. The molecule has 1 unspecified atom stereocenters. The Hall–Kier alpha value is -2.05. The first-order valence-electron chi connectivity index (χ1n) is 9.33. The van der Waals surface area contributed by atoms with Gasteiger partial charge in [0.1, 0.15) is 6.04 Å². The smallest absolute Gasteiger partial charge is 0.323 e. The van der Waals surface area contributed by atoms with Gasteiger partial charge in [-0.05, 0) is 36.6 Å². The standard InChI is InChI=1S/C21H22ClF3N2O/c22-17-12-11-15(21(23,24)25)13-18(17)27-20(28)19(14-7-3-1-4-8-14)26-16-9-5-2-6-10-16/h1,3-4,7-8,11-13,16,19,26H,2,5-6,9-10H2,(H,27,28). The van der Waals surface area contributed by atoms with Crippen LogP contribution in [0, 0.1) is 0 Å². The van der Waals surface area contributed by atoms with Crippen LogP contribution in [0.5, 0.6) is 0 Å². The number of carbonyl (C=O) groups is 1. The van der Waals surface area contributed by atoms with Gasteiger partial charge in [-0.3, -0.25) is 10.1 Å². The largest absolute Gasteiger partial charge is 0.416 e. The molecule has 7 heteroatoms. The second-order valence-electron chi connectivity index (χ2n) is 7.03. The van der Waals surface area contributed by atoms with Gasteiger partial charge < -0.3 is 5.32 Å². The van der Waals surface area contributed by atoms with Gasteiger partial charge in [0.25, 0.3) is 0 Å². The monoisotopic (exact) mass is 410 g/mol. The van der Waals surface area contributed by atoms with Crippen molar-refractivity contribution in [3.05, 3.63) is 64.7 Å². The molecular formula is C21H22ClF3N2O. The lowest BCUT2D eigenvalue weighted by atomic mass is 9.93. The highest BCUT2D eigenvalue weighted by Crippen LogP contribution is 2.34. The van der Waals surface area contributed by atoms with Gasteiger partial charge in [0.05, 0.1) is 16.3 Å². The molecule has 3 nitrogen and oxygen atoms in total. The van der Waals surface area contributed by atoms with Gasteiger partial charge in [-0.25, -0.2) is 0 Å². The summed E-state index contributed by atoms with van der Waals surface area (Å²) in [5.74, 6) is -0.432. The topological polar surface area (TPSA) is 41.1 Å². The highest BCUT2D eigenvalue weighted by molar-refractivity contribution is 6.33. The summed E-state index contributed by atoms with van der Waals surface area (Å²) in [5, 5.41) is 6.02. The highest BCUT2D eigenvalue weighted by atomic mass is 35.5. The number of alkyl halides is 3. The van der Waals surface area contributed by atoms with E-state index in [2.05, 4.69) is 10.6 Å². The fourth-order valence-electron chi connectivity index (χ4n) is 3.48. The Morgan fingerprint density at radius 1 is 1.04 bits per heavy atom. The Kier molecular flexibility index (Phi) is 6.62. The third kappa shape index (κ3) is 5.26. The molecule has 150 valence electrons. The minimum absolute atomic E-state index is 0.0483. The molecule has 1 fully saturated rings. The van der Waals surface area contributed by atoms with Gasteiger partial charge in [-0.1, -0.05) is 61.2 Å². The summed E-state index contributed by atoms with van der Waals surface area (Å²) in [7, 11) is 0. The number of benzene rings is 2. The van der Waals surface area contributed by atoms with Crippen LogP contribution in [-0.4, -0.2) is 11.9 Å². The number of hydrogen-bond acceptors (Lipinski definition) is 2. The minimum Gasteiger partial charge on any atom is -0.323 e. The zero-order chi connectivity index (χ0) is 20.1. The maximum Gasteiger partial charge on any atom is 0.416 e. The van der Waals surface area contributed by atoms with E-state index in [1.807, 2.05) is 30.3 Å². The first-order valence-corrected chi connectivity index (χ1v) is 9.71. The molecule has 0 aromatic heterocycles. The number of amides is 1. The van der Waals surface area contributed by atoms with Gasteiger partial charge in [-0.2, -0.15) is 13.2 Å². The lowest BCUT2D eigenvalue weighted by Crippen LogP contribution is -2.40. The molecule has 3 rings (SSSR count). The molecule has 0 spiro atoms. The van der Waals surface area contributed by atoms with Crippen LogP contribution < -0.4 is 10.6 Å². The Balaban J connectivity index is 1.83. The van der Waals surface area contributed by atoms with Crippen molar-refractivity contribution in [1.29, 1.82) is 0 Å². The van der Waals surface area contributed by atoms with Gasteiger partial charge in [0.15, 0.2) is 0 Å². The third-order valence-corrected chi connectivity index (χ3v) is 5.28. The zero-order valence-electron chi connectivity index (χ0n) is 15.2. The highest BCUT2D eigenvalue weighted by Gasteiger charge is 2.32. The Bertz CT molecular complexity index is 805. The van der Waals surface area contributed by atoms with E-state index in [9.17, 15) is 18.0 Å². The molecule has 1 aliphatic carbocycles. The second kappa shape index (κ2) is 8.97. The Morgan fingerprint density at radius 2 is 1.71 bits per heavy atom. The van der Waals surface area contributed by atoms with E-state index >= 15 is 0 Å². The molecule has 0 saturated heterocycles. The summed E-state index contributed by atoms with van der Waals surface area (Å²) in [6.45, 7) is 0. The van der Waals surface area contributed by atoms with Crippen LogP contribution in [0.4, 0.5) is 18.9 Å². The molecule has 1 saturated carbocycles. The van der Waals surface area contributed by atoms with E-state index < -0.39 is 23.7 Å². The fraction of sp³-hybridized carbons (Fsp3) is 0.381. The first kappa shape index (κ1) is 20.7. The van der Waals surface area contributed by atoms with Gasteiger partial charge >= 0.3 is 6.18 Å². The lowest BCUT2D eigenvalue weighted by molar-refractivity contribution is -0.137. The van der Waals surface area contributed by atoms with E-state index in [4.69, 9.17) is 11.6 Å². The van der Waals surface area contributed by atoms with E-state index in [1.165, 1.54) is 6.42 Å². The van der Waals surface area contributed by atoms with Gasteiger partial charge in [0.2, 0.25) is 5.91 Å². The van der Waals surface area contributed by atoms with Crippen LogP contribution in [0.15, 0.2) is 48.5 Å². The molecule has 2 N–H and O–H groups in total. The maximum atomic E-state index is 13.0. The van der Waals surface area contributed by atoms with Gasteiger partial charge in [-0.15, -0.1) is 0 Å². The van der Waals surface area contributed by atoms with Crippen molar-refractivity contribution in [1.82, 2.24) is 5.32 Å². The number of rotatable bonds is 5. The molecule has 2 aromatic rings. The summed E-state index contributed by atoms with van der Waals surface area (Å²) >= 11 is 6.03. The van der Waals surface area contributed by atoms with Crippen molar-refractivity contribution in [2.45, 2.75) is 50.4 Å². The molecule has 28 heavy (non-hydrogen) atoms. The third-order valence-electron chi connectivity index (χ3n) is 4.95. The van der Waals surface area contributed by atoms with Crippen LogP contribution in [0.25, 0.3) is 0 Å². The number of nitrogens with one attached hydrogen (secondary N) is 2. The Labute approximate surface area is 167 Å². The summed E-state index contributed by atoms with van der Waals surface area (Å²) in [4.78, 5) is 13.0. The average molecular weight is 411 g/mol. The van der Waals surface area contributed by atoms with Crippen molar-refractivity contribution in [3.63, 3.8) is 0 Å². The van der Waals surface area contributed by atoms with Crippen LogP contribution in [-0.2, 0) is 11.0 Å². The number of carbonyl (C=O) groups excluding carboxylic acids is 1. The van der Waals surface area contributed by atoms with E-state index in [-0.39, 0.29) is 16.8 Å². The van der Waals surface area contributed by atoms with Gasteiger partial charge in [0, 0.05) is 6.04 Å². The predicted octanol–water partition coefficient (Wildman–Crippen LogP) is 5.96. The molecular weight excluding hydrogens is 389 g/mol. The second-order valence-corrected chi connectivity index (χ2v) is 7.43. The predicted molar refractivity (Wildman–Crippen MR) is 104 cm³/mol. The van der Waals surface area contributed by atoms with Crippen molar-refractivity contribution in [3.8, 4) is 0 Å². The SMILES string of the molecule is O=C(Nc1cc(C(F)(F)F)ccc1Cl)C(NC1CCCCC1)c1ccccc1. The van der Waals surface area contributed by atoms with E-state index in [0.717, 1.165) is 49.4 Å². The lowest BCUT2D eigenvalue weighted by Gasteiger charge is -2.28. The zero-order valence-corrected chi connectivity index (χ0v) is 16.0. The summed E-state index contributed by atoms with van der Waals surface area (Å²) in [6.07, 6.45) is 0.811. The summed E-state index contributed by atoms with van der Waals surface area (Å²) < 4.78 is 39.0. The van der Waals surface area contributed by atoms with Crippen LogP contribution >= 0.6 is 11.6 Å². The normalized spacial score (nSPS) is 16.6. The molecule has 0 radical (unpaired) electrons. The summed E-state index contributed by atoms with van der Waals surface area (Å²) in [5.41, 5.74) is -0.148. The molecule has 2 aromatic carbocycles. The molecule has 1 aliphatic rings. The quantitative estimate of drug-likeness (QED) is 0.638. The number of anilines is 1. The van der Waals surface area contributed by atoms with E-state index in [1.54, 1.807) is 0 Å². The van der Waals surface area contributed by atoms with Crippen LogP contribution in [0.2, 0.25) is 5.02 Å². The van der Waals surface area contributed by atoms with E-state index in [0.29, 0.717) is 0 Å². The van der Waals surface area contributed by atoms with Crippen LogP contribution in [0.3, 0.4) is 0 Å². The van der Waals surface area contributed by atoms with Crippen LogP contribution in [0.1, 0.15) is 49.3 Å². The number of halogens is 4. The van der Waals surface area contributed by atoms with Crippen molar-refractivity contribution < 1.29 is 18.0 Å². The average Bonchev–Trinajstić information content (AvgIpc) is 2.68. The van der Waals surface area contributed by atoms with Crippen molar-refractivity contribution in [2.75, 3.05) is 5.32 Å². The fourth-order valence-corrected chi connectivity index (χ4v) is 3.64. The first-order chi connectivity index (χ1) is 13.3.